The third-order valence-electron chi connectivity index (χ3n) is 2.62. The standard InChI is InChI=1S/C12H14N4O2/c1-16-11(10(7-15-16)12(17)18)8-13-6-9-4-2-3-5-14-9/h2-5,7,13H,6,8H2,1H3,(H,17,18). The maximum absolute atomic E-state index is 11.0. The van der Waals surface area contributed by atoms with Crippen molar-refractivity contribution in [3.8, 4) is 0 Å². The first-order valence-electron chi connectivity index (χ1n) is 5.53. The molecule has 2 aromatic rings. The number of nitrogens with one attached hydrogen (secondary N) is 1. The number of nitrogens with zero attached hydrogens (tertiary/aromatic N) is 3. The highest BCUT2D eigenvalue weighted by Gasteiger charge is 2.14. The van der Waals surface area contributed by atoms with Crippen LogP contribution in [0.15, 0.2) is 30.6 Å². The molecule has 0 aromatic carbocycles. The number of hydrogen-bond donors (Lipinski definition) is 2. The second kappa shape index (κ2) is 5.42. The highest BCUT2D eigenvalue weighted by Crippen LogP contribution is 2.07. The summed E-state index contributed by atoms with van der Waals surface area (Å²) in [7, 11) is 1.73. The molecule has 6 heteroatoms. The fourth-order valence-electron chi connectivity index (χ4n) is 1.66. The molecule has 0 radical (unpaired) electrons. The summed E-state index contributed by atoms with van der Waals surface area (Å²) in [6.07, 6.45) is 3.09. The van der Waals surface area contributed by atoms with Crippen LogP contribution in [0.2, 0.25) is 0 Å². The van der Waals surface area contributed by atoms with Crippen LogP contribution in [-0.2, 0) is 20.1 Å². The van der Waals surface area contributed by atoms with Gasteiger partial charge in [0, 0.05) is 26.3 Å². The van der Waals surface area contributed by atoms with Gasteiger partial charge < -0.3 is 10.4 Å². The lowest BCUT2D eigenvalue weighted by atomic mass is 10.2. The Bertz CT molecular complexity index is 536. The van der Waals surface area contributed by atoms with Crippen LogP contribution in [0.4, 0.5) is 0 Å². The van der Waals surface area contributed by atoms with E-state index in [1.807, 2.05) is 18.2 Å². The SMILES string of the molecule is Cn1ncc(C(=O)O)c1CNCc1ccccn1. The van der Waals surface area contributed by atoms with Crippen molar-refractivity contribution in [1.82, 2.24) is 20.1 Å². The molecule has 0 atom stereocenters. The monoisotopic (exact) mass is 246 g/mol. The van der Waals surface area contributed by atoms with E-state index < -0.39 is 5.97 Å². The van der Waals surface area contributed by atoms with E-state index in [-0.39, 0.29) is 5.56 Å². The zero-order chi connectivity index (χ0) is 13.0. The molecule has 6 nitrogen and oxygen atoms in total. The fourth-order valence-corrected chi connectivity index (χ4v) is 1.66. The quantitative estimate of drug-likeness (QED) is 0.815. The van der Waals surface area contributed by atoms with E-state index in [0.29, 0.717) is 18.8 Å². The molecule has 0 bridgehead atoms. The molecule has 2 N–H and O–H groups in total. The predicted molar refractivity (Wildman–Crippen MR) is 64.9 cm³/mol. The topological polar surface area (TPSA) is 80.0 Å². The molecule has 94 valence electrons. The van der Waals surface area contributed by atoms with Crippen molar-refractivity contribution in [2.75, 3.05) is 0 Å². The first kappa shape index (κ1) is 12.3. The van der Waals surface area contributed by atoms with E-state index >= 15 is 0 Å². The minimum atomic E-state index is -0.960. The summed E-state index contributed by atoms with van der Waals surface area (Å²) < 4.78 is 1.56. The van der Waals surface area contributed by atoms with Crippen LogP contribution in [-0.4, -0.2) is 25.8 Å². The molecule has 0 aliphatic rings. The summed E-state index contributed by atoms with van der Waals surface area (Å²) in [6, 6.07) is 5.68. The van der Waals surface area contributed by atoms with Gasteiger partial charge in [-0.25, -0.2) is 4.79 Å². The molecule has 0 aliphatic heterocycles. The van der Waals surface area contributed by atoms with Gasteiger partial charge in [0.05, 0.1) is 17.6 Å². The second-order valence-corrected chi connectivity index (χ2v) is 3.86. The van der Waals surface area contributed by atoms with Gasteiger partial charge in [-0.2, -0.15) is 5.10 Å². The number of rotatable bonds is 5. The van der Waals surface area contributed by atoms with E-state index in [1.165, 1.54) is 6.20 Å². The lowest BCUT2D eigenvalue weighted by molar-refractivity contribution is 0.0695. The molecular formula is C12H14N4O2. The zero-order valence-electron chi connectivity index (χ0n) is 10.00. The van der Waals surface area contributed by atoms with Crippen molar-refractivity contribution < 1.29 is 9.90 Å². The lowest BCUT2D eigenvalue weighted by Gasteiger charge is -2.06. The number of aromatic nitrogens is 3. The molecule has 0 fully saturated rings. The van der Waals surface area contributed by atoms with Crippen LogP contribution in [0.3, 0.4) is 0 Å². The van der Waals surface area contributed by atoms with Crippen LogP contribution in [0.5, 0.6) is 0 Å². The lowest BCUT2D eigenvalue weighted by Crippen LogP contribution is -2.18. The van der Waals surface area contributed by atoms with Crippen molar-refractivity contribution in [3.63, 3.8) is 0 Å². The zero-order valence-corrected chi connectivity index (χ0v) is 10.00. The van der Waals surface area contributed by atoms with Gasteiger partial charge in [0.1, 0.15) is 5.56 Å². The molecule has 0 saturated heterocycles. The summed E-state index contributed by atoms with van der Waals surface area (Å²) in [5.74, 6) is -0.960. The van der Waals surface area contributed by atoms with Crippen molar-refractivity contribution in [1.29, 1.82) is 0 Å². The van der Waals surface area contributed by atoms with Gasteiger partial charge in [-0.3, -0.25) is 9.67 Å². The van der Waals surface area contributed by atoms with Gasteiger partial charge in [0.15, 0.2) is 0 Å². The van der Waals surface area contributed by atoms with Gasteiger partial charge >= 0.3 is 5.97 Å². The molecule has 0 saturated carbocycles. The van der Waals surface area contributed by atoms with E-state index in [2.05, 4.69) is 15.4 Å². The average Bonchev–Trinajstić information content (AvgIpc) is 2.73. The number of aromatic carboxylic acids is 1. The highest BCUT2D eigenvalue weighted by atomic mass is 16.4. The predicted octanol–water partition coefficient (Wildman–Crippen LogP) is 0.803. The van der Waals surface area contributed by atoms with Gasteiger partial charge in [-0.15, -0.1) is 0 Å². The van der Waals surface area contributed by atoms with Crippen molar-refractivity contribution in [2.24, 2.45) is 7.05 Å². The summed E-state index contributed by atoms with van der Waals surface area (Å²) in [4.78, 5) is 15.2. The Labute approximate surface area is 104 Å². The number of hydrogen-bond acceptors (Lipinski definition) is 4. The number of aryl methyl sites for hydroxylation is 1. The third-order valence-corrected chi connectivity index (χ3v) is 2.62. The van der Waals surface area contributed by atoms with Gasteiger partial charge in [-0.1, -0.05) is 6.07 Å². The van der Waals surface area contributed by atoms with Gasteiger partial charge in [-0.05, 0) is 12.1 Å². The Kier molecular flexibility index (Phi) is 3.69. The maximum Gasteiger partial charge on any atom is 0.339 e. The van der Waals surface area contributed by atoms with Gasteiger partial charge in [0.25, 0.3) is 0 Å². The molecule has 2 heterocycles. The van der Waals surface area contributed by atoms with Gasteiger partial charge in [0.2, 0.25) is 0 Å². The molecule has 2 rings (SSSR count). The van der Waals surface area contributed by atoms with Crippen LogP contribution >= 0.6 is 0 Å². The molecule has 0 amide bonds. The Hall–Kier alpha value is -2.21. The van der Waals surface area contributed by atoms with Crippen LogP contribution in [0, 0.1) is 0 Å². The number of carbonyl (C=O) groups is 1. The van der Waals surface area contributed by atoms with Crippen molar-refractivity contribution in [2.45, 2.75) is 13.1 Å². The largest absolute Gasteiger partial charge is 0.478 e. The fraction of sp³-hybridized carbons (Fsp3) is 0.250. The Morgan fingerprint density at radius 1 is 1.44 bits per heavy atom. The molecule has 0 unspecified atom stereocenters. The van der Waals surface area contributed by atoms with E-state index in [1.54, 1.807) is 17.9 Å². The first-order valence-corrected chi connectivity index (χ1v) is 5.53. The van der Waals surface area contributed by atoms with Crippen LogP contribution < -0.4 is 5.32 Å². The molecular weight excluding hydrogens is 232 g/mol. The molecule has 0 aliphatic carbocycles. The summed E-state index contributed by atoms with van der Waals surface area (Å²) in [5, 5.41) is 16.1. The molecule has 0 spiro atoms. The molecule has 18 heavy (non-hydrogen) atoms. The molecule has 2 aromatic heterocycles. The van der Waals surface area contributed by atoms with Crippen molar-refractivity contribution >= 4 is 5.97 Å². The summed E-state index contributed by atoms with van der Waals surface area (Å²) in [6.45, 7) is 1.03. The van der Waals surface area contributed by atoms with Crippen LogP contribution in [0.25, 0.3) is 0 Å². The Morgan fingerprint density at radius 2 is 2.28 bits per heavy atom. The van der Waals surface area contributed by atoms with E-state index in [4.69, 9.17) is 5.11 Å². The van der Waals surface area contributed by atoms with E-state index in [0.717, 1.165) is 5.69 Å². The minimum Gasteiger partial charge on any atom is -0.478 e. The highest BCUT2D eigenvalue weighted by molar-refractivity contribution is 5.88. The summed E-state index contributed by atoms with van der Waals surface area (Å²) >= 11 is 0. The Morgan fingerprint density at radius 3 is 2.94 bits per heavy atom. The minimum absolute atomic E-state index is 0.228. The van der Waals surface area contributed by atoms with Crippen molar-refractivity contribution in [3.05, 3.63) is 47.5 Å². The van der Waals surface area contributed by atoms with E-state index in [9.17, 15) is 4.79 Å². The first-order chi connectivity index (χ1) is 8.68. The van der Waals surface area contributed by atoms with Crippen LogP contribution in [0.1, 0.15) is 21.7 Å². The average molecular weight is 246 g/mol. The number of carboxylic acid groups (broad SMARTS) is 1. The number of carboxylic acids is 1. The smallest absolute Gasteiger partial charge is 0.339 e. The Balaban J connectivity index is 1.98. The number of pyridine rings is 1. The second-order valence-electron chi connectivity index (χ2n) is 3.86. The maximum atomic E-state index is 11.0. The normalized spacial score (nSPS) is 10.5. The third kappa shape index (κ3) is 2.72. The summed E-state index contributed by atoms with van der Waals surface area (Å²) in [5.41, 5.74) is 1.79.